The molecular weight excluding hydrogens is 260 g/mol. The van der Waals surface area contributed by atoms with Gasteiger partial charge in [0.2, 0.25) is 0 Å². The maximum Gasteiger partial charge on any atom is 0.253 e. The van der Waals surface area contributed by atoms with Gasteiger partial charge in [0.25, 0.3) is 5.91 Å². The second-order valence-electron chi connectivity index (χ2n) is 5.02. The Morgan fingerprint density at radius 3 is 2.24 bits per heavy atom. The minimum atomic E-state index is 0.0806. The lowest BCUT2D eigenvalue weighted by Gasteiger charge is -2.21. The van der Waals surface area contributed by atoms with Crippen LogP contribution in [0.1, 0.15) is 28.4 Å². The molecule has 0 heterocycles. The number of carbonyl (C=O) groups is 1. The lowest BCUT2D eigenvalue weighted by molar-refractivity contribution is 0.0766. The highest BCUT2D eigenvalue weighted by molar-refractivity contribution is 5.94. The molecule has 0 aliphatic rings. The maximum atomic E-state index is 12.5. The van der Waals surface area contributed by atoms with Gasteiger partial charge in [0, 0.05) is 25.2 Å². The number of nitrogens with two attached hydrogens (primary N) is 1. The van der Waals surface area contributed by atoms with Crippen LogP contribution in [0, 0.1) is 0 Å². The van der Waals surface area contributed by atoms with Crippen LogP contribution in [0.3, 0.4) is 0 Å². The number of benzene rings is 2. The van der Waals surface area contributed by atoms with Gasteiger partial charge in [0.1, 0.15) is 0 Å². The van der Waals surface area contributed by atoms with Crippen LogP contribution < -0.4 is 5.73 Å². The molecule has 2 N–H and O–H groups in total. The predicted molar refractivity (Wildman–Crippen MR) is 86.1 cm³/mol. The topological polar surface area (TPSA) is 46.3 Å². The van der Waals surface area contributed by atoms with Crippen LogP contribution in [0.15, 0.2) is 54.6 Å². The molecule has 2 rings (SSSR count). The third-order valence-corrected chi connectivity index (χ3v) is 3.62. The lowest BCUT2D eigenvalue weighted by Crippen LogP contribution is -2.32. The number of nitrogens with zero attached hydrogens (tertiary/aromatic N) is 1. The summed E-state index contributed by atoms with van der Waals surface area (Å²) in [6.45, 7) is 3.96. The molecule has 2 aromatic rings. The van der Waals surface area contributed by atoms with Gasteiger partial charge in [0.05, 0.1) is 0 Å². The highest BCUT2D eigenvalue weighted by Crippen LogP contribution is 2.09. The fourth-order valence-corrected chi connectivity index (χ4v) is 2.28. The zero-order chi connectivity index (χ0) is 15.1. The summed E-state index contributed by atoms with van der Waals surface area (Å²) >= 11 is 0. The van der Waals surface area contributed by atoms with Gasteiger partial charge in [-0.3, -0.25) is 4.79 Å². The van der Waals surface area contributed by atoms with E-state index in [1.165, 1.54) is 5.56 Å². The molecule has 0 radical (unpaired) electrons. The van der Waals surface area contributed by atoms with Crippen molar-refractivity contribution in [2.45, 2.75) is 19.9 Å². The standard InChI is InChI=1S/C18H22N2O/c1-2-20(13-12-15-6-4-3-5-7-15)18(21)17-10-8-16(14-19)9-11-17/h3-11H,2,12-14,19H2,1H3. The van der Waals surface area contributed by atoms with E-state index < -0.39 is 0 Å². The smallest absolute Gasteiger partial charge is 0.253 e. The Balaban J connectivity index is 2.00. The average Bonchev–Trinajstić information content (AvgIpc) is 2.56. The Kier molecular flexibility index (Phi) is 5.52. The first-order chi connectivity index (χ1) is 10.2. The summed E-state index contributed by atoms with van der Waals surface area (Å²) in [7, 11) is 0. The van der Waals surface area contributed by atoms with Crippen LogP contribution in [0.5, 0.6) is 0 Å². The molecule has 0 aliphatic heterocycles. The maximum absolute atomic E-state index is 12.5. The number of amides is 1. The zero-order valence-corrected chi connectivity index (χ0v) is 12.5. The highest BCUT2D eigenvalue weighted by Gasteiger charge is 2.13. The molecule has 0 fully saturated rings. The van der Waals surface area contributed by atoms with Crippen molar-refractivity contribution in [3.63, 3.8) is 0 Å². The van der Waals surface area contributed by atoms with Crippen molar-refractivity contribution in [1.82, 2.24) is 4.90 Å². The van der Waals surface area contributed by atoms with Crippen LogP contribution in [0.4, 0.5) is 0 Å². The van der Waals surface area contributed by atoms with Gasteiger partial charge >= 0.3 is 0 Å². The molecule has 0 saturated heterocycles. The van der Waals surface area contributed by atoms with Crippen LogP contribution in [-0.2, 0) is 13.0 Å². The van der Waals surface area contributed by atoms with E-state index in [9.17, 15) is 4.79 Å². The van der Waals surface area contributed by atoms with E-state index in [0.29, 0.717) is 13.1 Å². The summed E-state index contributed by atoms with van der Waals surface area (Å²) < 4.78 is 0. The lowest BCUT2D eigenvalue weighted by atomic mass is 10.1. The normalized spacial score (nSPS) is 10.4. The monoisotopic (exact) mass is 282 g/mol. The molecule has 110 valence electrons. The second kappa shape index (κ2) is 7.60. The van der Waals surface area contributed by atoms with E-state index in [-0.39, 0.29) is 5.91 Å². The zero-order valence-electron chi connectivity index (χ0n) is 12.5. The number of carbonyl (C=O) groups excluding carboxylic acids is 1. The first kappa shape index (κ1) is 15.3. The first-order valence-electron chi connectivity index (χ1n) is 7.36. The minimum Gasteiger partial charge on any atom is -0.339 e. The molecule has 21 heavy (non-hydrogen) atoms. The van der Waals surface area contributed by atoms with Crippen LogP contribution in [-0.4, -0.2) is 23.9 Å². The van der Waals surface area contributed by atoms with Crippen molar-refractivity contribution in [2.24, 2.45) is 5.73 Å². The molecule has 3 heteroatoms. The summed E-state index contributed by atoms with van der Waals surface area (Å²) in [6, 6.07) is 17.8. The fraction of sp³-hybridized carbons (Fsp3) is 0.278. The Morgan fingerprint density at radius 1 is 1.00 bits per heavy atom. The Morgan fingerprint density at radius 2 is 1.67 bits per heavy atom. The Hall–Kier alpha value is -2.13. The molecule has 0 aromatic heterocycles. The van der Waals surface area contributed by atoms with Crippen molar-refractivity contribution in [1.29, 1.82) is 0 Å². The molecule has 0 unspecified atom stereocenters. The van der Waals surface area contributed by atoms with Crippen molar-refractivity contribution < 1.29 is 4.79 Å². The first-order valence-corrected chi connectivity index (χ1v) is 7.36. The van der Waals surface area contributed by atoms with Gasteiger partial charge in [0.15, 0.2) is 0 Å². The molecular formula is C18H22N2O. The summed E-state index contributed by atoms with van der Waals surface area (Å²) in [5, 5.41) is 0. The van der Waals surface area contributed by atoms with E-state index >= 15 is 0 Å². The third kappa shape index (κ3) is 4.17. The molecule has 2 aromatic carbocycles. The van der Waals surface area contributed by atoms with E-state index in [4.69, 9.17) is 5.73 Å². The van der Waals surface area contributed by atoms with Gasteiger partial charge in [-0.05, 0) is 36.6 Å². The van der Waals surface area contributed by atoms with E-state index in [0.717, 1.165) is 24.1 Å². The van der Waals surface area contributed by atoms with Crippen molar-refractivity contribution >= 4 is 5.91 Å². The Labute approximate surface area is 126 Å². The molecule has 0 bridgehead atoms. The van der Waals surface area contributed by atoms with Crippen molar-refractivity contribution in [2.75, 3.05) is 13.1 Å². The van der Waals surface area contributed by atoms with E-state index in [1.54, 1.807) is 0 Å². The molecule has 0 aliphatic carbocycles. The minimum absolute atomic E-state index is 0.0806. The summed E-state index contributed by atoms with van der Waals surface area (Å²) in [5.41, 5.74) is 8.60. The number of rotatable bonds is 6. The second-order valence-corrected chi connectivity index (χ2v) is 5.02. The summed E-state index contributed by atoms with van der Waals surface area (Å²) in [6.07, 6.45) is 0.876. The number of hydrogen-bond donors (Lipinski definition) is 1. The molecule has 0 saturated carbocycles. The fourth-order valence-electron chi connectivity index (χ4n) is 2.28. The molecule has 0 spiro atoms. The highest BCUT2D eigenvalue weighted by atomic mass is 16.2. The van der Waals surface area contributed by atoms with Gasteiger partial charge in [-0.25, -0.2) is 0 Å². The van der Waals surface area contributed by atoms with Gasteiger partial charge < -0.3 is 10.6 Å². The van der Waals surface area contributed by atoms with Crippen molar-refractivity contribution in [3.05, 3.63) is 71.3 Å². The Bertz CT molecular complexity index is 564. The van der Waals surface area contributed by atoms with Crippen LogP contribution >= 0.6 is 0 Å². The van der Waals surface area contributed by atoms with Gasteiger partial charge in [-0.2, -0.15) is 0 Å². The van der Waals surface area contributed by atoms with Gasteiger partial charge in [-0.15, -0.1) is 0 Å². The van der Waals surface area contributed by atoms with E-state index in [2.05, 4.69) is 12.1 Å². The van der Waals surface area contributed by atoms with E-state index in [1.807, 2.05) is 54.3 Å². The van der Waals surface area contributed by atoms with Crippen LogP contribution in [0.25, 0.3) is 0 Å². The summed E-state index contributed by atoms with van der Waals surface area (Å²) in [4.78, 5) is 14.4. The quantitative estimate of drug-likeness (QED) is 0.885. The predicted octanol–water partition coefficient (Wildman–Crippen LogP) is 2.85. The SMILES string of the molecule is CCN(CCc1ccccc1)C(=O)c1ccc(CN)cc1. The van der Waals surface area contributed by atoms with Crippen molar-refractivity contribution in [3.8, 4) is 0 Å². The summed E-state index contributed by atoms with van der Waals surface area (Å²) in [5.74, 6) is 0.0806. The average molecular weight is 282 g/mol. The number of likely N-dealkylation sites (N-methyl/N-ethyl adjacent to an activating group) is 1. The third-order valence-electron chi connectivity index (χ3n) is 3.62. The molecule has 3 nitrogen and oxygen atoms in total. The molecule has 1 amide bonds. The van der Waals surface area contributed by atoms with Crippen LogP contribution in [0.2, 0.25) is 0 Å². The number of hydrogen-bond acceptors (Lipinski definition) is 2. The molecule has 0 atom stereocenters. The van der Waals surface area contributed by atoms with Gasteiger partial charge in [-0.1, -0.05) is 42.5 Å². The largest absolute Gasteiger partial charge is 0.339 e.